The third-order valence-corrected chi connectivity index (χ3v) is 32.7. The van der Waals surface area contributed by atoms with Crippen molar-refractivity contribution in [2.75, 3.05) is 0 Å². The molecular formula is C72H60As4Pd. The van der Waals surface area contributed by atoms with Gasteiger partial charge in [0.2, 0.25) is 0 Å². The SMILES string of the molecule is [Pd].c1ccc([As](c2ccccc2)c2ccccc2)cc1.c1ccc([As](c2ccccc2)c2ccccc2)cc1.c1ccc([As](c2ccccc2)c2ccccc2)cc1.c1ccc([As](c2ccccc2)c2ccccc2)cc1. The van der Waals surface area contributed by atoms with Crippen molar-refractivity contribution in [3.8, 4) is 0 Å². The Morgan fingerprint density at radius 3 is 0.234 bits per heavy atom. The standard InChI is InChI=1S/4C18H15As.Pd/c4*1-4-10-16(11-5-1)19(17-12-6-2-7-13-17)18-14-8-3-9-15-18;/h4*1-15H;. The number of rotatable bonds is 12. The van der Waals surface area contributed by atoms with Crippen molar-refractivity contribution in [2.45, 2.75) is 0 Å². The van der Waals surface area contributed by atoms with Crippen LogP contribution in [0.15, 0.2) is 364 Å². The van der Waals surface area contributed by atoms with Gasteiger partial charge in [0.25, 0.3) is 0 Å². The first-order valence-corrected chi connectivity index (χ1v) is 36.9. The quantitative estimate of drug-likeness (QED) is 0.108. The van der Waals surface area contributed by atoms with Crippen LogP contribution in [0.25, 0.3) is 0 Å². The van der Waals surface area contributed by atoms with Crippen molar-refractivity contribution in [1.82, 2.24) is 0 Å². The normalized spacial score (nSPS) is 10.4. The predicted octanol–water partition coefficient (Wildman–Crippen LogP) is 8.81. The molecule has 12 aromatic rings. The molecule has 77 heavy (non-hydrogen) atoms. The molecule has 0 nitrogen and oxygen atoms in total. The van der Waals surface area contributed by atoms with Crippen molar-refractivity contribution >= 4 is 111 Å². The topological polar surface area (TPSA) is 0 Å². The van der Waals surface area contributed by atoms with E-state index in [-0.39, 0.29) is 20.4 Å². The molecule has 0 spiro atoms. The molecular weight excluding hydrogens is 1270 g/mol. The molecule has 378 valence electrons. The minimum atomic E-state index is -1.39. The van der Waals surface area contributed by atoms with E-state index in [9.17, 15) is 0 Å². The maximum absolute atomic E-state index is 2.26. The van der Waals surface area contributed by atoms with E-state index >= 15 is 0 Å². The van der Waals surface area contributed by atoms with Gasteiger partial charge in [-0.25, -0.2) is 0 Å². The van der Waals surface area contributed by atoms with Crippen molar-refractivity contribution in [3.05, 3.63) is 364 Å². The number of hydrogen-bond acceptors (Lipinski definition) is 0. The Labute approximate surface area is 490 Å². The van der Waals surface area contributed by atoms with Crippen molar-refractivity contribution in [3.63, 3.8) is 0 Å². The van der Waals surface area contributed by atoms with E-state index in [1.807, 2.05) is 0 Å². The van der Waals surface area contributed by atoms with Gasteiger partial charge in [0, 0.05) is 20.4 Å². The van der Waals surface area contributed by atoms with E-state index in [0.29, 0.717) is 0 Å². The first kappa shape index (κ1) is 56.7. The molecule has 0 aliphatic rings. The average molecular weight is 1330 g/mol. The average Bonchev–Trinajstić information content (AvgIpc) is 3.51. The fourth-order valence-corrected chi connectivity index (χ4v) is 28.1. The van der Waals surface area contributed by atoms with Gasteiger partial charge in [-0.3, -0.25) is 0 Å². The second-order valence-electron chi connectivity index (χ2n) is 17.4. The molecule has 0 saturated carbocycles. The summed E-state index contributed by atoms with van der Waals surface area (Å²) in [5.74, 6) is 0. The number of hydrogen-bond donors (Lipinski definition) is 0. The summed E-state index contributed by atoms with van der Waals surface area (Å²) in [5, 5.41) is 0. The fourth-order valence-electron chi connectivity index (χ4n) is 8.71. The Bertz CT molecular complexity index is 2580. The van der Waals surface area contributed by atoms with E-state index in [1.54, 1.807) is 0 Å². The third-order valence-electron chi connectivity index (χ3n) is 12.2. The summed E-state index contributed by atoms with van der Waals surface area (Å²) in [7, 11) is 0. The summed E-state index contributed by atoms with van der Waals surface area (Å²) >= 11 is -5.56. The van der Waals surface area contributed by atoms with Crippen LogP contribution in [0.4, 0.5) is 0 Å². The zero-order valence-corrected chi connectivity index (χ0v) is 51.8. The van der Waals surface area contributed by atoms with Gasteiger partial charge in [-0.2, -0.15) is 0 Å². The third kappa shape index (κ3) is 16.8. The van der Waals surface area contributed by atoms with E-state index in [4.69, 9.17) is 0 Å². The first-order valence-electron chi connectivity index (χ1n) is 25.6. The van der Waals surface area contributed by atoms with Gasteiger partial charge in [0.1, 0.15) is 0 Å². The molecule has 0 aliphatic carbocycles. The predicted molar refractivity (Wildman–Crippen MR) is 336 cm³/mol. The van der Waals surface area contributed by atoms with Crippen LogP contribution in [0.3, 0.4) is 0 Å². The summed E-state index contributed by atoms with van der Waals surface area (Å²) in [5.41, 5.74) is 0. The van der Waals surface area contributed by atoms with E-state index in [0.717, 1.165) is 0 Å². The Hall–Kier alpha value is -6.46. The minimum absolute atomic E-state index is 0. The molecule has 0 radical (unpaired) electrons. The molecule has 12 rings (SSSR count). The first-order chi connectivity index (χ1) is 37.8. The van der Waals surface area contributed by atoms with Crippen molar-refractivity contribution < 1.29 is 20.4 Å². The molecule has 0 bridgehead atoms. The van der Waals surface area contributed by atoms with Gasteiger partial charge >= 0.3 is 475 Å². The molecule has 5 heteroatoms. The molecule has 0 amide bonds. The van der Waals surface area contributed by atoms with E-state index in [2.05, 4.69) is 364 Å². The van der Waals surface area contributed by atoms with Crippen LogP contribution in [0.5, 0.6) is 0 Å². The monoisotopic (exact) mass is 1330 g/mol. The maximum atomic E-state index is 2.26. The summed E-state index contributed by atoms with van der Waals surface area (Å²) in [4.78, 5) is 0. The van der Waals surface area contributed by atoms with E-state index < -0.39 is 58.6 Å². The van der Waals surface area contributed by atoms with Gasteiger partial charge < -0.3 is 0 Å². The fraction of sp³-hybridized carbons (Fsp3) is 0. The Kier molecular flexibility index (Phi) is 23.3. The zero-order valence-electron chi connectivity index (χ0n) is 42.7. The van der Waals surface area contributed by atoms with Gasteiger partial charge in [-0.1, -0.05) is 0 Å². The summed E-state index contributed by atoms with van der Waals surface area (Å²) in [6.45, 7) is 0. The van der Waals surface area contributed by atoms with Gasteiger partial charge in [-0.05, 0) is 0 Å². The van der Waals surface area contributed by atoms with Gasteiger partial charge in [-0.15, -0.1) is 0 Å². The van der Waals surface area contributed by atoms with Gasteiger partial charge in [0.05, 0.1) is 0 Å². The molecule has 0 atom stereocenters. The second kappa shape index (κ2) is 31.7. The molecule has 0 aromatic heterocycles. The Morgan fingerprint density at radius 2 is 0.169 bits per heavy atom. The van der Waals surface area contributed by atoms with Crippen LogP contribution in [-0.4, -0.2) is 58.6 Å². The molecule has 12 aromatic carbocycles. The van der Waals surface area contributed by atoms with Crippen LogP contribution in [0.1, 0.15) is 0 Å². The van der Waals surface area contributed by atoms with Crippen LogP contribution in [0.2, 0.25) is 0 Å². The van der Waals surface area contributed by atoms with Crippen molar-refractivity contribution in [2.24, 2.45) is 0 Å². The molecule has 0 heterocycles. The zero-order chi connectivity index (χ0) is 51.7. The van der Waals surface area contributed by atoms with Crippen LogP contribution < -0.4 is 52.2 Å². The second-order valence-corrected chi connectivity index (χ2v) is 36.0. The van der Waals surface area contributed by atoms with Crippen LogP contribution >= 0.6 is 0 Å². The molecule has 0 N–H and O–H groups in total. The molecule has 0 saturated heterocycles. The Morgan fingerprint density at radius 1 is 0.104 bits per heavy atom. The van der Waals surface area contributed by atoms with Gasteiger partial charge in [0.15, 0.2) is 0 Å². The summed E-state index contributed by atoms with van der Waals surface area (Å²) < 4.78 is 17.7. The Balaban J connectivity index is 0.000000135. The molecule has 0 fully saturated rings. The summed E-state index contributed by atoms with van der Waals surface area (Å²) in [6, 6.07) is 131. The molecule has 0 aliphatic heterocycles. The summed E-state index contributed by atoms with van der Waals surface area (Å²) in [6.07, 6.45) is 0. The van der Waals surface area contributed by atoms with Crippen molar-refractivity contribution in [1.29, 1.82) is 0 Å². The number of benzene rings is 12. The van der Waals surface area contributed by atoms with Crippen LogP contribution in [-0.2, 0) is 20.4 Å². The van der Waals surface area contributed by atoms with Crippen LogP contribution in [0, 0.1) is 0 Å². The molecule has 0 unspecified atom stereocenters. The van der Waals surface area contributed by atoms with E-state index in [1.165, 1.54) is 52.2 Å².